The monoisotopic (exact) mass is 500 g/mol. The summed E-state index contributed by atoms with van der Waals surface area (Å²) in [5.41, 5.74) is 4.14. The Kier molecular flexibility index (Phi) is 16.4. The van der Waals surface area contributed by atoms with Gasteiger partial charge >= 0.3 is 0 Å². The molecule has 0 radical (unpaired) electrons. The molecule has 2 heteroatoms. The first-order valence-electron chi connectivity index (χ1n) is 13.1. The van der Waals surface area contributed by atoms with Gasteiger partial charge in [-0.3, -0.25) is 0 Å². The van der Waals surface area contributed by atoms with E-state index < -0.39 is 0 Å². The maximum atomic E-state index is 5.76. The third-order valence-corrected chi connectivity index (χ3v) is 6.94. The zero-order chi connectivity index (χ0) is 22.5. The van der Waals surface area contributed by atoms with E-state index >= 15 is 0 Å². The lowest BCUT2D eigenvalue weighted by Crippen LogP contribution is -1.95. The first-order valence-corrected chi connectivity index (χ1v) is 14.3. The van der Waals surface area contributed by atoms with Crippen molar-refractivity contribution in [1.82, 2.24) is 0 Å². The van der Waals surface area contributed by atoms with Crippen molar-refractivity contribution < 1.29 is 4.74 Å². The number of alkyl halides is 1. The minimum Gasteiger partial charge on any atom is -0.377 e. The summed E-state index contributed by atoms with van der Waals surface area (Å²) in [6.07, 6.45) is 20.7. The van der Waals surface area contributed by atoms with Crippen molar-refractivity contribution in [2.24, 2.45) is 0 Å². The lowest BCUT2D eigenvalue weighted by Gasteiger charge is -2.05. The molecule has 0 N–H and O–H groups in total. The highest BCUT2D eigenvalue weighted by molar-refractivity contribution is 9.08. The molecule has 0 fully saturated rings. The van der Waals surface area contributed by atoms with Crippen molar-refractivity contribution in [1.29, 1.82) is 0 Å². The fraction of sp³-hybridized carbons (Fsp3) is 0.600. The van der Waals surface area contributed by atoms with Crippen LogP contribution in [0, 0.1) is 0 Å². The maximum absolute atomic E-state index is 5.76. The standard InChI is InChI=1S/C30H45BrO/c31-26-29-23-21-28(22-24-29)18-14-11-9-7-5-3-1-2-4-6-8-10-12-17-25-32-27-30-19-15-13-16-20-30/h13,15-16,19-24H,1-12,14,17-18,25-27H2. The van der Waals surface area contributed by atoms with Crippen LogP contribution < -0.4 is 0 Å². The minimum absolute atomic E-state index is 0.757. The summed E-state index contributed by atoms with van der Waals surface area (Å²) < 4.78 is 5.76. The quantitative estimate of drug-likeness (QED) is 0.130. The van der Waals surface area contributed by atoms with Crippen molar-refractivity contribution >= 4 is 15.9 Å². The van der Waals surface area contributed by atoms with E-state index in [0.29, 0.717) is 0 Å². The third-order valence-electron chi connectivity index (χ3n) is 6.29. The second kappa shape index (κ2) is 19.4. The molecular formula is C30H45BrO. The summed E-state index contributed by atoms with van der Waals surface area (Å²) in [4.78, 5) is 0. The van der Waals surface area contributed by atoms with Gasteiger partial charge in [0, 0.05) is 11.9 Å². The van der Waals surface area contributed by atoms with Gasteiger partial charge in [0.2, 0.25) is 0 Å². The van der Waals surface area contributed by atoms with Gasteiger partial charge in [0.05, 0.1) is 6.61 Å². The molecule has 0 aromatic heterocycles. The lowest BCUT2D eigenvalue weighted by atomic mass is 10.0. The molecule has 0 bridgehead atoms. The summed E-state index contributed by atoms with van der Waals surface area (Å²) in [6.45, 7) is 1.66. The molecule has 2 rings (SSSR count). The second-order valence-electron chi connectivity index (χ2n) is 9.19. The van der Waals surface area contributed by atoms with Gasteiger partial charge in [-0.2, -0.15) is 0 Å². The summed E-state index contributed by atoms with van der Waals surface area (Å²) in [7, 11) is 0. The molecule has 2 aromatic carbocycles. The molecule has 0 aliphatic carbocycles. The van der Waals surface area contributed by atoms with Gasteiger partial charge in [0.15, 0.2) is 0 Å². The molecule has 0 amide bonds. The van der Waals surface area contributed by atoms with Gasteiger partial charge in [-0.15, -0.1) is 0 Å². The number of hydrogen-bond donors (Lipinski definition) is 0. The fourth-order valence-corrected chi connectivity index (χ4v) is 4.59. The molecule has 0 aliphatic heterocycles. The highest BCUT2D eigenvalue weighted by Gasteiger charge is 1.97. The van der Waals surface area contributed by atoms with Gasteiger partial charge < -0.3 is 4.74 Å². The molecule has 0 aliphatic rings. The highest BCUT2D eigenvalue weighted by atomic mass is 79.9. The number of ether oxygens (including phenoxy) is 1. The Balaban J connectivity index is 1.24. The molecule has 0 unspecified atom stereocenters. The van der Waals surface area contributed by atoms with Crippen LogP contribution >= 0.6 is 15.9 Å². The van der Waals surface area contributed by atoms with Crippen molar-refractivity contribution in [3.63, 3.8) is 0 Å². The van der Waals surface area contributed by atoms with Gasteiger partial charge in [-0.05, 0) is 36.0 Å². The first kappa shape index (κ1) is 27.1. The van der Waals surface area contributed by atoms with Crippen LogP contribution in [-0.2, 0) is 23.1 Å². The Morgan fingerprint density at radius 3 is 1.47 bits per heavy atom. The Morgan fingerprint density at radius 2 is 0.938 bits per heavy atom. The lowest BCUT2D eigenvalue weighted by molar-refractivity contribution is 0.116. The number of halogens is 1. The molecule has 0 atom stereocenters. The van der Waals surface area contributed by atoms with Crippen molar-refractivity contribution in [2.45, 2.75) is 108 Å². The molecule has 0 saturated heterocycles. The Labute approximate surface area is 206 Å². The van der Waals surface area contributed by atoms with Crippen molar-refractivity contribution in [3.8, 4) is 0 Å². The van der Waals surface area contributed by atoms with Crippen molar-refractivity contribution in [2.75, 3.05) is 6.61 Å². The topological polar surface area (TPSA) is 9.23 Å². The minimum atomic E-state index is 0.757. The predicted molar refractivity (Wildman–Crippen MR) is 144 cm³/mol. The number of aryl methyl sites for hydroxylation is 1. The van der Waals surface area contributed by atoms with Gasteiger partial charge in [-0.1, -0.05) is 148 Å². The molecule has 2 aromatic rings. The van der Waals surface area contributed by atoms with Gasteiger partial charge in [0.25, 0.3) is 0 Å². The average molecular weight is 502 g/mol. The molecule has 178 valence electrons. The summed E-state index contributed by atoms with van der Waals surface area (Å²) >= 11 is 3.51. The second-order valence-corrected chi connectivity index (χ2v) is 9.75. The highest BCUT2D eigenvalue weighted by Crippen LogP contribution is 2.15. The number of hydrogen-bond acceptors (Lipinski definition) is 1. The number of benzene rings is 2. The van der Waals surface area contributed by atoms with Crippen LogP contribution in [0.25, 0.3) is 0 Å². The van der Waals surface area contributed by atoms with Crippen LogP contribution in [0.3, 0.4) is 0 Å². The van der Waals surface area contributed by atoms with Crippen LogP contribution in [0.5, 0.6) is 0 Å². The Hall–Kier alpha value is -1.12. The number of unbranched alkanes of at least 4 members (excludes halogenated alkanes) is 13. The van der Waals surface area contributed by atoms with Crippen LogP contribution in [-0.4, -0.2) is 6.61 Å². The van der Waals surface area contributed by atoms with E-state index in [1.165, 1.54) is 113 Å². The molecule has 0 heterocycles. The van der Waals surface area contributed by atoms with Crippen LogP contribution in [0.2, 0.25) is 0 Å². The van der Waals surface area contributed by atoms with E-state index in [-0.39, 0.29) is 0 Å². The fourth-order valence-electron chi connectivity index (χ4n) is 4.21. The summed E-state index contributed by atoms with van der Waals surface area (Å²) in [5, 5.41) is 0.957. The van der Waals surface area contributed by atoms with E-state index in [1.807, 2.05) is 0 Å². The van der Waals surface area contributed by atoms with E-state index in [1.54, 1.807) is 0 Å². The Morgan fingerprint density at radius 1 is 0.469 bits per heavy atom. The van der Waals surface area contributed by atoms with E-state index in [0.717, 1.165) is 18.5 Å². The van der Waals surface area contributed by atoms with Crippen LogP contribution in [0.15, 0.2) is 54.6 Å². The maximum Gasteiger partial charge on any atom is 0.0716 e. The molecule has 1 nitrogen and oxygen atoms in total. The van der Waals surface area contributed by atoms with Crippen LogP contribution in [0.1, 0.15) is 107 Å². The molecule has 0 saturated carbocycles. The van der Waals surface area contributed by atoms with Crippen LogP contribution in [0.4, 0.5) is 0 Å². The summed E-state index contributed by atoms with van der Waals surface area (Å²) in [6, 6.07) is 19.5. The third kappa shape index (κ3) is 14.1. The molecular weight excluding hydrogens is 456 g/mol. The Bertz CT molecular complexity index is 652. The van der Waals surface area contributed by atoms with Crippen molar-refractivity contribution in [3.05, 3.63) is 71.3 Å². The van der Waals surface area contributed by atoms with Gasteiger partial charge in [-0.25, -0.2) is 0 Å². The molecule has 0 spiro atoms. The molecule has 32 heavy (non-hydrogen) atoms. The normalized spacial score (nSPS) is 11.2. The van der Waals surface area contributed by atoms with E-state index in [2.05, 4.69) is 70.5 Å². The van der Waals surface area contributed by atoms with E-state index in [4.69, 9.17) is 4.74 Å². The smallest absolute Gasteiger partial charge is 0.0716 e. The summed E-state index contributed by atoms with van der Waals surface area (Å²) in [5.74, 6) is 0. The SMILES string of the molecule is BrCc1ccc(CCCCCCCCCCCCCCCCOCc2ccccc2)cc1. The number of rotatable bonds is 20. The zero-order valence-corrected chi connectivity index (χ0v) is 21.8. The average Bonchev–Trinajstić information content (AvgIpc) is 2.84. The van der Waals surface area contributed by atoms with Gasteiger partial charge in [0.1, 0.15) is 0 Å². The van der Waals surface area contributed by atoms with E-state index in [9.17, 15) is 0 Å². The largest absolute Gasteiger partial charge is 0.377 e. The predicted octanol–water partition coefficient (Wildman–Crippen LogP) is 9.80. The first-order chi connectivity index (χ1) is 15.9. The zero-order valence-electron chi connectivity index (χ0n) is 20.2.